The molecule has 2 N–H and O–H groups in total. The lowest BCUT2D eigenvalue weighted by Gasteiger charge is -2.28. The molecule has 0 aromatic rings. The molecule has 0 heterocycles. The Labute approximate surface area is 222 Å². The summed E-state index contributed by atoms with van der Waals surface area (Å²) in [6.45, 7) is 20.6. The van der Waals surface area contributed by atoms with Crippen molar-refractivity contribution < 1.29 is 24.5 Å². The summed E-state index contributed by atoms with van der Waals surface area (Å²) in [4.78, 5) is 11.8. The van der Waals surface area contributed by atoms with E-state index < -0.39 is 12.2 Å². The second kappa shape index (κ2) is 17.1. The quantitative estimate of drug-likeness (QED) is 0.137. The van der Waals surface area contributed by atoms with E-state index in [2.05, 4.69) is 27.7 Å². The molecule has 0 saturated heterocycles. The molecule has 0 spiro atoms. The van der Waals surface area contributed by atoms with Crippen molar-refractivity contribution in [1.29, 1.82) is 0 Å². The molecule has 0 aromatic carbocycles. The van der Waals surface area contributed by atoms with Gasteiger partial charge in [0.15, 0.2) is 0 Å². The fourth-order valence-corrected chi connectivity index (χ4v) is 5.40. The average Bonchev–Trinajstić information content (AvgIpc) is 2.81. The van der Waals surface area contributed by atoms with E-state index in [9.17, 15) is 15.0 Å². The van der Waals surface area contributed by atoms with Gasteiger partial charge in [-0.3, -0.25) is 0 Å². The third kappa shape index (κ3) is 11.7. The molecule has 0 aliphatic rings. The monoisotopic (exact) mass is 508 g/mol. The molecular weight excluding hydrogens is 452 g/mol. The Hall–Kier alpha value is -1.43. The van der Waals surface area contributed by atoms with Crippen molar-refractivity contribution in [2.75, 3.05) is 14.2 Å². The van der Waals surface area contributed by atoms with Crippen molar-refractivity contribution in [1.82, 2.24) is 0 Å². The number of ether oxygens (including phenoxy) is 2. The second-order valence-electron chi connectivity index (χ2n) is 11.4. The van der Waals surface area contributed by atoms with Gasteiger partial charge in [-0.05, 0) is 62.5 Å². The molecule has 0 fully saturated rings. The van der Waals surface area contributed by atoms with Gasteiger partial charge in [-0.2, -0.15) is 0 Å². The largest absolute Gasteiger partial charge is 0.466 e. The Morgan fingerprint density at radius 1 is 0.778 bits per heavy atom. The number of carbonyl (C=O) groups excluding carboxylic acids is 1. The number of esters is 1. The van der Waals surface area contributed by atoms with E-state index in [-0.39, 0.29) is 35.7 Å². The third-order valence-corrected chi connectivity index (χ3v) is 7.61. The van der Waals surface area contributed by atoms with Crippen molar-refractivity contribution in [2.24, 2.45) is 35.5 Å². The van der Waals surface area contributed by atoms with Gasteiger partial charge in [0.2, 0.25) is 0 Å². The van der Waals surface area contributed by atoms with Crippen molar-refractivity contribution in [3.05, 3.63) is 34.9 Å². The summed E-state index contributed by atoms with van der Waals surface area (Å²) in [5.74, 6) is 0.943. The summed E-state index contributed by atoms with van der Waals surface area (Å²) in [7, 11) is 3.03. The number of aliphatic hydroxyl groups excluding tert-OH is 2. The fraction of sp³-hybridized carbons (Fsp3) is 0.774. The highest BCUT2D eigenvalue weighted by atomic mass is 16.5. The molecule has 0 aliphatic heterocycles. The van der Waals surface area contributed by atoms with Crippen molar-refractivity contribution in [3.63, 3.8) is 0 Å². The van der Waals surface area contributed by atoms with Crippen molar-refractivity contribution in [2.45, 2.75) is 107 Å². The second-order valence-corrected chi connectivity index (χ2v) is 11.4. The van der Waals surface area contributed by atoms with Crippen LogP contribution in [0.25, 0.3) is 0 Å². The van der Waals surface area contributed by atoms with E-state index >= 15 is 0 Å². The predicted octanol–water partition coefficient (Wildman–Crippen LogP) is 6.74. The Balaban J connectivity index is 5.31. The number of aliphatic hydroxyl groups is 2. The molecule has 0 radical (unpaired) electrons. The maximum atomic E-state index is 11.8. The number of hydrogen-bond donors (Lipinski definition) is 2. The first kappa shape index (κ1) is 34.6. The number of carbonyl (C=O) groups is 1. The first-order valence-corrected chi connectivity index (χ1v) is 13.7. The molecule has 5 heteroatoms. The number of methoxy groups -OCH3 is 2. The summed E-state index contributed by atoms with van der Waals surface area (Å²) in [6, 6.07) is 0. The zero-order valence-electron chi connectivity index (χ0n) is 25.2. The number of rotatable bonds is 16. The zero-order valence-corrected chi connectivity index (χ0v) is 25.2. The Kier molecular flexibility index (Phi) is 16.5. The van der Waals surface area contributed by atoms with Crippen molar-refractivity contribution in [3.8, 4) is 0 Å². The Morgan fingerprint density at radius 3 is 1.83 bits per heavy atom. The third-order valence-electron chi connectivity index (χ3n) is 7.61. The molecular formula is C31H56O5. The maximum absolute atomic E-state index is 11.8. The highest BCUT2D eigenvalue weighted by Crippen LogP contribution is 2.28. The van der Waals surface area contributed by atoms with Crippen LogP contribution < -0.4 is 0 Å². The topological polar surface area (TPSA) is 76.0 Å². The lowest BCUT2D eigenvalue weighted by atomic mass is 9.82. The number of hydrogen-bond acceptors (Lipinski definition) is 5. The van der Waals surface area contributed by atoms with Crippen molar-refractivity contribution >= 4 is 5.97 Å². The zero-order chi connectivity index (χ0) is 28.2. The van der Waals surface area contributed by atoms with Crippen LogP contribution in [0.4, 0.5) is 0 Å². The molecule has 36 heavy (non-hydrogen) atoms. The van der Waals surface area contributed by atoms with Gasteiger partial charge in [-0.25, -0.2) is 4.79 Å². The van der Waals surface area contributed by atoms with Gasteiger partial charge in [-0.15, -0.1) is 0 Å². The van der Waals surface area contributed by atoms with E-state index in [0.717, 1.165) is 17.6 Å². The van der Waals surface area contributed by atoms with Gasteiger partial charge in [0.25, 0.3) is 0 Å². The Morgan fingerprint density at radius 2 is 1.33 bits per heavy atom. The summed E-state index contributed by atoms with van der Waals surface area (Å²) in [6.07, 6.45) is 7.98. The first-order chi connectivity index (χ1) is 16.7. The molecule has 0 saturated carbocycles. The Bertz CT molecular complexity index is 737. The van der Waals surface area contributed by atoms with Gasteiger partial charge >= 0.3 is 5.97 Å². The summed E-state index contributed by atoms with van der Waals surface area (Å²) < 4.78 is 10.5. The molecule has 0 bridgehead atoms. The minimum Gasteiger partial charge on any atom is -0.466 e. The van der Waals surface area contributed by atoms with Crippen LogP contribution in [-0.4, -0.2) is 48.7 Å². The van der Waals surface area contributed by atoms with Gasteiger partial charge in [0, 0.05) is 30.4 Å². The summed E-state index contributed by atoms with van der Waals surface area (Å²) in [5, 5.41) is 22.0. The van der Waals surface area contributed by atoms with E-state index in [0.29, 0.717) is 17.4 Å². The molecule has 9 unspecified atom stereocenters. The smallest absolute Gasteiger partial charge is 0.333 e. The minimum absolute atomic E-state index is 0.0364. The minimum atomic E-state index is -0.658. The van der Waals surface area contributed by atoms with Crippen LogP contribution in [-0.2, 0) is 14.3 Å². The van der Waals surface area contributed by atoms with Crippen LogP contribution in [0.2, 0.25) is 0 Å². The highest BCUT2D eigenvalue weighted by molar-refractivity contribution is 5.87. The van der Waals surface area contributed by atoms with E-state index in [1.54, 1.807) is 14.0 Å². The normalized spacial score (nSPS) is 21.1. The highest BCUT2D eigenvalue weighted by Gasteiger charge is 2.25. The average molecular weight is 509 g/mol. The van der Waals surface area contributed by atoms with Gasteiger partial charge < -0.3 is 19.7 Å². The molecule has 0 amide bonds. The molecule has 210 valence electrons. The first-order valence-electron chi connectivity index (χ1n) is 13.7. The van der Waals surface area contributed by atoms with Crippen LogP contribution in [0.15, 0.2) is 34.9 Å². The molecule has 5 nitrogen and oxygen atoms in total. The van der Waals surface area contributed by atoms with Crippen LogP contribution in [0.5, 0.6) is 0 Å². The van der Waals surface area contributed by atoms with Gasteiger partial charge in [0.05, 0.1) is 25.4 Å². The standard InChI is InChI=1S/C31H56O5/c1-13-19(2)14-20(3)15-21(4)28(32)22(5)16-23(6)29(33)24(7)17-25(8)30(35-11)26(9)18-27(10)31(34)36-12/h16-22,24,26,28-30,32-33H,13-15H2,1-12H3/b23-16+,25-17+,27-18+. The van der Waals surface area contributed by atoms with E-state index in [4.69, 9.17) is 9.47 Å². The SMILES string of the molecule is CCC(C)CC(C)CC(C)C(O)C(C)/C=C(\C)C(O)C(C)/C=C(\C)C(OC)C(C)/C=C(\C)C(=O)OC. The summed E-state index contributed by atoms with van der Waals surface area (Å²) in [5.41, 5.74) is 2.40. The van der Waals surface area contributed by atoms with Crippen LogP contribution >= 0.6 is 0 Å². The van der Waals surface area contributed by atoms with E-state index in [1.807, 2.05) is 52.8 Å². The van der Waals surface area contributed by atoms with Crippen LogP contribution in [0, 0.1) is 35.5 Å². The molecule has 0 aromatic heterocycles. The molecule has 9 atom stereocenters. The summed E-state index contributed by atoms with van der Waals surface area (Å²) >= 11 is 0. The lowest BCUT2D eigenvalue weighted by molar-refractivity contribution is -0.136. The van der Waals surface area contributed by atoms with Crippen LogP contribution in [0.3, 0.4) is 0 Å². The van der Waals surface area contributed by atoms with Gasteiger partial charge in [0.1, 0.15) is 0 Å². The van der Waals surface area contributed by atoms with E-state index in [1.165, 1.54) is 20.0 Å². The van der Waals surface area contributed by atoms with Gasteiger partial charge in [-0.1, -0.05) is 73.1 Å². The van der Waals surface area contributed by atoms with Crippen LogP contribution in [0.1, 0.15) is 88.5 Å². The molecule has 0 aliphatic carbocycles. The predicted molar refractivity (Wildman–Crippen MR) is 151 cm³/mol. The lowest BCUT2D eigenvalue weighted by Crippen LogP contribution is -2.28. The fourth-order valence-electron chi connectivity index (χ4n) is 5.40. The maximum Gasteiger partial charge on any atom is 0.333 e. The molecule has 0 rings (SSSR count).